The van der Waals surface area contributed by atoms with Gasteiger partial charge in [-0.15, -0.1) is 35.3 Å². The van der Waals surface area contributed by atoms with Crippen molar-refractivity contribution in [3.63, 3.8) is 0 Å². The van der Waals surface area contributed by atoms with E-state index in [2.05, 4.69) is 74.5 Å². The SMILES string of the molecule is CC(C)(C)CCN1C(=O)C(CC(=O)N2CCC(N3Cc4ccccc4NC3=O)CC2)SC1c1ccccc1N1CCN(C(=O)OC(C)(C)C)CC1.CCCC1SC(CC(=O)N2CCC(N3Cc4ccccc4NC3=O)CC2)C(=O)N1CCC(C)C.O=C(CC1SC(c2ccccc2)N(CCC(F)(F)F)C1=O)N1CCC(N2Cc3ccccc3NC2=O)CC1. The molecule has 7 fully saturated rings. The summed E-state index contributed by atoms with van der Waals surface area (Å²) in [6, 6.07) is 40.6. The Balaban J connectivity index is 0.000000163. The van der Waals surface area contributed by atoms with Crippen LogP contribution in [0.15, 0.2) is 127 Å². The molecule has 0 radical (unpaired) electrons. The summed E-state index contributed by atoms with van der Waals surface area (Å²) in [4.78, 5) is 152. The third kappa shape index (κ3) is 23.2. The molecule has 10 heterocycles. The maximum atomic E-state index is 14.2. The van der Waals surface area contributed by atoms with Gasteiger partial charge in [-0.1, -0.05) is 151 Å². The molecule has 123 heavy (non-hydrogen) atoms. The van der Waals surface area contributed by atoms with Crippen LogP contribution in [0.1, 0.15) is 191 Å². The topological polar surface area (TPSA) is 252 Å². The summed E-state index contributed by atoms with van der Waals surface area (Å²) in [6.45, 7) is 27.1. The van der Waals surface area contributed by atoms with Crippen molar-refractivity contribution in [3.8, 4) is 0 Å². The minimum atomic E-state index is -4.38. The van der Waals surface area contributed by atoms with E-state index in [9.17, 15) is 61.1 Å². The van der Waals surface area contributed by atoms with Gasteiger partial charge in [0, 0.05) is 170 Å². The molecule has 7 saturated heterocycles. The second-order valence-electron chi connectivity index (χ2n) is 36.3. The quantitative estimate of drug-likeness (QED) is 0.0618. The monoisotopic (exact) mass is 1750 g/mol. The van der Waals surface area contributed by atoms with E-state index < -0.39 is 46.5 Å². The van der Waals surface area contributed by atoms with Crippen LogP contribution in [0.5, 0.6) is 0 Å². The van der Waals surface area contributed by atoms with Crippen molar-refractivity contribution in [2.75, 3.05) is 106 Å². The standard InChI is InChI=1S/C39H54N6O5S.C27H29F3N4O3S.C26H38N4O3S/c1-38(2,3)17-20-44-34(47)32(25-33(46)42-18-15-28(16-19-42)45-26-27-11-7-9-13-30(27)40-36(45)48)51-35(44)29-12-8-10-14-31(29)41-21-23-43(24-22-41)37(49)50-39(4,5)6;28-27(29,30)12-15-33-24(36)22(38-25(33)18-6-2-1-3-7-18)16-23(35)32-13-10-20(11-14-32)34-17-19-8-4-5-9-21(19)31-26(34)37;1-4-7-24-29(15-10-18(2)3)25(32)22(34-24)16-23(31)28-13-11-20(12-14-28)30-17-19-8-5-6-9-21(19)27-26(30)33/h7-14,28,32,35H,15-26H2,1-6H3,(H,40,48);1-9,20,22,25H,10-17H2,(H,31,37);5-6,8-9,18,20,22,24H,4,7,10-17H2,1-3H3,(H,27,33). The Bertz CT molecular complexity index is 4580. The van der Waals surface area contributed by atoms with E-state index in [1.807, 2.05) is 146 Å². The molecule has 31 heteroatoms. The number of rotatable bonds is 21. The van der Waals surface area contributed by atoms with E-state index in [0.717, 1.165) is 95.6 Å². The summed E-state index contributed by atoms with van der Waals surface area (Å²) < 4.78 is 44.4. The fourth-order valence-electron chi connectivity index (χ4n) is 17.8. The number of ether oxygens (including phenoxy) is 1. The number of alkyl halides is 3. The first kappa shape index (κ1) is 91.3. The van der Waals surface area contributed by atoms with Gasteiger partial charge >= 0.3 is 30.4 Å². The fraction of sp³-hybridized carbons (Fsp3) is 0.565. The van der Waals surface area contributed by atoms with Gasteiger partial charge in [0.2, 0.25) is 35.4 Å². The molecule has 25 nitrogen and oxygen atoms in total. The zero-order valence-corrected chi connectivity index (χ0v) is 74.8. The summed E-state index contributed by atoms with van der Waals surface area (Å²) in [5, 5.41) is 6.88. The summed E-state index contributed by atoms with van der Waals surface area (Å²) in [5.74, 6) is 0.154. The number of piperazine rings is 1. The van der Waals surface area contributed by atoms with Crippen molar-refractivity contribution in [2.45, 2.75) is 234 Å². The zero-order valence-electron chi connectivity index (χ0n) is 72.4. The highest BCUT2D eigenvalue weighted by Gasteiger charge is 2.48. The highest BCUT2D eigenvalue weighted by molar-refractivity contribution is 8.02. The lowest BCUT2D eigenvalue weighted by atomic mass is 9.92. The number of hydrogen-bond acceptors (Lipinski definition) is 15. The number of benzene rings is 5. The predicted molar refractivity (Wildman–Crippen MR) is 476 cm³/mol. The molecule has 3 N–H and O–H groups in total. The molecular formula is C92H121F3N14O11S3. The Kier molecular flexibility index (Phi) is 29.9. The number of carbonyl (C=O) groups excluding carboxylic acids is 10. The average molecular weight is 1750 g/mol. The summed E-state index contributed by atoms with van der Waals surface area (Å²) >= 11 is 4.51. The molecule has 6 atom stereocenters. The van der Waals surface area contributed by atoms with Crippen molar-refractivity contribution in [3.05, 3.63) is 155 Å². The van der Waals surface area contributed by atoms with Gasteiger partial charge in [0.1, 0.15) is 16.3 Å². The average Bonchev–Trinajstić information content (AvgIpc) is 1.69. The lowest BCUT2D eigenvalue weighted by Crippen LogP contribution is -2.51. The predicted octanol–water partition coefficient (Wildman–Crippen LogP) is 16.1. The molecule has 6 unspecified atom stereocenters. The van der Waals surface area contributed by atoms with Crippen LogP contribution < -0.4 is 20.9 Å². The van der Waals surface area contributed by atoms with E-state index in [0.29, 0.717) is 123 Å². The molecular weight excluding hydrogens is 1630 g/mol. The van der Waals surface area contributed by atoms with Crippen molar-refractivity contribution < 1.29 is 65.9 Å². The van der Waals surface area contributed by atoms with Crippen LogP contribution in [0, 0.1) is 11.3 Å². The molecule has 0 bridgehead atoms. The van der Waals surface area contributed by atoms with Crippen LogP contribution in [0.4, 0.5) is 55.1 Å². The third-order valence-electron chi connectivity index (χ3n) is 24.7. The molecule has 13 amide bonds. The number of para-hydroxylation sites is 4. The molecule has 0 saturated carbocycles. The summed E-state index contributed by atoms with van der Waals surface area (Å²) in [6.07, 6.45) is 2.68. The number of anilines is 4. The van der Waals surface area contributed by atoms with Crippen molar-refractivity contribution in [2.24, 2.45) is 11.3 Å². The van der Waals surface area contributed by atoms with Crippen LogP contribution in [0.2, 0.25) is 0 Å². The Morgan fingerprint density at radius 1 is 0.455 bits per heavy atom. The molecule has 0 aliphatic carbocycles. The molecule has 10 aliphatic heterocycles. The first-order valence-electron chi connectivity index (χ1n) is 43.8. The molecule has 5 aromatic carbocycles. The smallest absolute Gasteiger partial charge is 0.410 e. The van der Waals surface area contributed by atoms with Gasteiger partial charge in [-0.25, -0.2) is 19.2 Å². The molecule has 10 aliphatic rings. The lowest BCUT2D eigenvalue weighted by molar-refractivity contribution is -0.146. The van der Waals surface area contributed by atoms with Crippen molar-refractivity contribution in [1.29, 1.82) is 0 Å². The number of likely N-dealkylation sites (tertiary alicyclic amines) is 3. The Labute approximate surface area is 734 Å². The first-order valence-corrected chi connectivity index (χ1v) is 46.7. The van der Waals surface area contributed by atoms with Gasteiger partial charge < -0.3 is 74.6 Å². The number of carbonyl (C=O) groups is 10. The van der Waals surface area contributed by atoms with E-state index in [1.54, 1.807) is 57.6 Å². The molecule has 15 rings (SSSR count). The Hall–Kier alpha value is -9.36. The van der Waals surface area contributed by atoms with Gasteiger partial charge in [0.05, 0.1) is 27.5 Å². The fourth-order valence-corrected chi connectivity index (χ4v) is 22.3. The number of amides is 13. The second-order valence-corrected chi connectivity index (χ2v) is 40.3. The van der Waals surface area contributed by atoms with Crippen LogP contribution in [-0.4, -0.2) is 245 Å². The first-order chi connectivity index (χ1) is 58.7. The number of thioether (sulfide) groups is 3. The summed E-state index contributed by atoms with van der Waals surface area (Å²) in [5.41, 5.74) is 8.20. The van der Waals surface area contributed by atoms with Crippen LogP contribution in [0.25, 0.3) is 0 Å². The van der Waals surface area contributed by atoms with E-state index in [1.165, 1.54) is 16.7 Å². The third-order valence-corrected chi connectivity index (χ3v) is 29.2. The number of halogens is 3. The normalized spacial score (nSPS) is 22.5. The number of urea groups is 3. The Morgan fingerprint density at radius 3 is 1.27 bits per heavy atom. The second kappa shape index (κ2) is 40.3. The van der Waals surface area contributed by atoms with Gasteiger partial charge in [0.25, 0.3) is 0 Å². The van der Waals surface area contributed by atoms with E-state index in [4.69, 9.17) is 4.74 Å². The number of hydrogen-bond donors (Lipinski definition) is 3. The van der Waals surface area contributed by atoms with Crippen LogP contribution in [-0.2, 0) is 53.1 Å². The maximum absolute atomic E-state index is 14.2. The van der Waals surface area contributed by atoms with Crippen LogP contribution >= 0.6 is 35.3 Å². The van der Waals surface area contributed by atoms with Gasteiger partial charge in [-0.05, 0) is 136 Å². The van der Waals surface area contributed by atoms with Gasteiger partial charge in [0.15, 0.2) is 0 Å². The number of fused-ring (bicyclic) bond motifs is 3. The highest BCUT2D eigenvalue weighted by Crippen LogP contribution is 2.50. The van der Waals surface area contributed by atoms with E-state index >= 15 is 0 Å². The minimum absolute atomic E-state index is 0.00397. The highest BCUT2D eigenvalue weighted by atomic mass is 32.2. The molecule has 0 aromatic heterocycles. The van der Waals surface area contributed by atoms with Gasteiger partial charge in [-0.2, -0.15) is 13.2 Å². The zero-order chi connectivity index (χ0) is 87.6. The van der Waals surface area contributed by atoms with Crippen molar-refractivity contribution in [1.82, 2.24) is 49.0 Å². The van der Waals surface area contributed by atoms with Gasteiger partial charge in [-0.3, -0.25) is 28.8 Å². The minimum Gasteiger partial charge on any atom is -0.444 e. The largest absolute Gasteiger partial charge is 0.444 e. The van der Waals surface area contributed by atoms with Crippen LogP contribution in [0.3, 0.4) is 0 Å². The molecule has 5 aromatic rings. The maximum Gasteiger partial charge on any atom is 0.410 e. The number of nitrogens with one attached hydrogen (secondary N) is 3. The molecule has 664 valence electrons. The molecule has 0 spiro atoms. The van der Waals surface area contributed by atoms with Crippen molar-refractivity contribution >= 4 is 118 Å². The number of nitrogens with zero attached hydrogens (tertiary/aromatic N) is 11. The Morgan fingerprint density at radius 2 is 0.846 bits per heavy atom. The lowest BCUT2D eigenvalue weighted by Gasteiger charge is -2.40. The van der Waals surface area contributed by atoms with E-state index in [-0.39, 0.29) is 113 Å². The number of piperidine rings is 3. The summed E-state index contributed by atoms with van der Waals surface area (Å²) in [7, 11) is 0.